The molecule has 0 spiro atoms. The van der Waals surface area contributed by atoms with Crippen LogP contribution in [0.25, 0.3) is 0 Å². The molecule has 6 nitrogen and oxygen atoms in total. The third-order valence-electron chi connectivity index (χ3n) is 5.30. The molecule has 154 valence electrons. The van der Waals surface area contributed by atoms with Crippen LogP contribution in [-0.4, -0.2) is 43.5 Å². The topological polar surface area (TPSA) is 70.7 Å². The number of amides is 2. The van der Waals surface area contributed by atoms with Gasteiger partial charge >= 0.3 is 0 Å². The first kappa shape index (κ1) is 20.7. The lowest BCUT2D eigenvalue weighted by Gasteiger charge is -2.21. The van der Waals surface area contributed by atoms with Crippen LogP contribution < -0.4 is 15.4 Å². The zero-order valence-electron chi connectivity index (χ0n) is 17.3. The molecule has 1 aliphatic rings. The molecular weight excluding hydrogens is 366 g/mol. The summed E-state index contributed by atoms with van der Waals surface area (Å²) in [7, 11) is 1.62. The van der Waals surface area contributed by atoms with E-state index in [1.807, 2.05) is 61.2 Å². The summed E-state index contributed by atoms with van der Waals surface area (Å²) in [5, 5.41) is 6.14. The molecule has 3 rings (SSSR count). The molecule has 1 aliphatic heterocycles. The number of hydrogen-bond donors (Lipinski definition) is 2. The fourth-order valence-corrected chi connectivity index (χ4v) is 3.75. The zero-order valence-corrected chi connectivity index (χ0v) is 17.3. The Balaban J connectivity index is 1.66. The quantitative estimate of drug-likeness (QED) is 0.752. The van der Waals surface area contributed by atoms with Crippen LogP contribution in [0, 0.1) is 6.92 Å². The van der Waals surface area contributed by atoms with Crippen LogP contribution in [0.1, 0.15) is 47.3 Å². The molecule has 29 heavy (non-hydrogen) atoms. The number of methoxy groups -OCH3 is 1. The van der Waals surface area contributed by atoms with E-state index in [2.05, 4.69) is 10.6 Å². The Kier molecular flexibility index (Phi) is 6.75. The maximum absolute atomic E-state index is 12.9. The fraction of sp³-hybridized carbons (Fsp3) is 0.391. The van der Waals surface area contributed by atoms with E-state index in [0.717, 1.165) is 42.8 Å². The van der Waals surface area contributed by atoms with Crippen LogP contribution in [-0.2, 0) is 4.79 Å². The van der Waals surface area contributed by atoms with Gasteiger partial charge in [0.25, 0.3) is 5.91 Å². The van der Waals surface area contributed by atoms with Crippen molar-refractivity contribution in [3.63, 3.8) is 0 Å². The molecule has 1 unspecified atom stereocenters. The molecule has 2 N–H and O–H groups in total. The van der Waals surface area contributed by atoms with Gasteiger partial charge in [-0.15, -0.1) is 0 Å². The molecule has 2 aromatic carbocycles. The molecule has 1 fully saturated rings. The van der Waals surface area contributed by atoms with E-state index >= 15 is 0 Å². The number of carbonyl (C=O) groups is 2. The molecule has 2 amide bonds. The highest BCUT2D eigenvalue weighted by Crippen LogP contribution is 2.25. The molecular formula is C23H29N3O3. The molecule has 0 aliphatic carbocycles. The number of aryl methyl sites for hydroxylation is 1. The minimum Gasteiger partial charge on any atom is -0.496 e. The lowest BCUT2D eigenvalue weighted by atomic mass is 10.0. The van der Waals surface area contributed by atoms with E-state index in [1.165, 1.54) is 0 Å². The number of anilines is 1. The summed E-state index contributed by atoms with van der Waals surface area (Å²) in [5.41, 5.74) is 3.18. The van der Waals surface area contributed by atoms with Crippen molar-refractivity contribution in [2.45, 2.75) is 32.7 Å². The Morgan fingerprint density at radius 1 is 1.10 bits per heavy atom. The number of nitrogens with one attached hydrogen (secondary N) is 2. The maximum atomic E-state index is 12.9. The van der Waals surface area contributed by atoms with Gasteiger partial charge in [-0.25, -0.2) is 0 Å². The van der Waals surface area contributed by atoms with Crippen molar-refractivity contribution < 1.29 is 14.3 Å². The highest BCUT2D eigenvalue weighted by atomic mass is 16.5. The molecule has 1 heterocycles. The van der Waals surface area contributed by atoms with Crippen molar-refractivity contribution >= 4 is 17.5 Å². The van der Waals surface area contributed by atoms with Gasteiger partial charge in [0.2, 0.25) is 5.91 Å². The van der Waals surface area contributed by atoms with Crippen LogP contribution in [0.15, 0.2) is 42.5 Å². The van der Waals surface area contributed by atoms with Crippen LogP contribution >= 0.6 is 0 Å². The third kappa shape index (κ3) is 4.88. The summed E-state index contributed by atoms with van der Waals surface area (Å²) in [5.74, 6) is 0.626. The Hall–Kier alpha value is -3.02. The Labute approximate surface area is 172 Å². The zero-order chi connectivity index (χ0) is 20.8. The molecule has 0 radical (unpaired) electrons. The summed E-state index contributed by atoms with van der Waals surface area (Å²) in [6.07, 6.45) is 2.09. The number of para-hydroxylation sites is 1. The smallest absolute Gasteiger partial charge is 0.256 e. The second kappa shape index (κ2) is 9.45. The van der Waals surface area contributed by atoms with Crippen molar-refractivity contribution in [1.29, 1.82) is 0 Å². The van der Waals surface area contributed by atoms with Crippen LogP contribution in [0.5, 0.6) is 5.75 Å². The van der Waals surface area contributed by atoms with Crippen LogP contribution in [0.2, 0.25) is 0 Å². The molecule has 1 saturated heterocycles. The van der Waals surface area contributed by atoms with Gasteiger partial charge in [-0.2, -0.15) is 0 Å². The van der Waals surface area contributed by atoms with Gasteiger partial charge in [0.15, 0.2) is 0 Å². The van der Waals surface area contributed by atoms with E-state index in [1.54, 1.807) is 7.11 Å². The Morgan fingerprint density at radius 3 is 2.55 bits per heavy atom. The number of rotatable bonds is 7. The highest BCUT2D eigenvalue weighted by molar-refractivity contribution is 6.01. The summed E-state index contributed by atoms with van der Waals surface area (Å²) in [4.78, 5) is 27.3. The standard InChI is InChI=1S/C23H29N3O3/c1-16-9-8-11-19(22(16)23(28)26-13-6-7-14-26)24-15-21(27)25-17(2)18-10-4-5-12-20(18)29-3/h4-5,8-12,17,24H,6-7,13-15H2,1-3H3,(H,25,27). The fourth-order valence-electron chi connectivity index (χ4n) is 3.75. The average molecular weight is 396 g/mol. The number of hydrogen-bond acceptors (Lipinski definition) is 4. The monoisotopic (exact) mass is 395 g/mol. The van der Waals surface area contributed by atoms with Gasteiger partial charge in [-0.05, 0) is 44.4 Å². The number of carbonyl (C=O) groups excluding carboxylic acids is 2. The second-order valence-electron chi connectivity index (χ2n) is 7.38. The number of nitrogens with zero attached hydrogens (tertiary/aromatic N) is 1. The van der Waals surface area contributed by atoms with Crippen LogP contribution in [0.3, 0.4) is 0 Å². The van der Waals surface area contributed by atoms with Crippen molar-refractivity contribution in [2.75, 3.05) is 32.1 Å². The van der Waals surface area contributed by atoms with Gasteiger partial charge < -0.3 is 20.3 Å². The first-order valence-electron chi connectivity index (χ1n) is 10.1. The SMILES string of the molecule is COc1ccccc1C(C)NC(=O)CNc1cccc(C)c1C(=O)N1CCCC1. The van der Waals surface area contributed by atoms with Crippen molar-refractivity contribution in [1.82, 2.24) is 10.2 Å². The van der Waals surface area contributed by atoms with Crippen LogP contribution in [0.4, 0.5) is 5.69 Å². The first-order chi connectivity index (χ1) is 14.0. The Bertz CT molecular complexity index is 875. The Morgan fingerprint density at radius 2 is 1.83 bits per heavy atom. The average Bonchev–Trinajstić information content (AvgIpc) is 3.26. The minimum atomic E-state index is -0.191. The van der Waals surface area contributed by atoms with E-state index in [4.69, 9.17) is 4.74 Å². The van der Waals surface area contributed by atoms with E-state index in [-0.39, 0.29) is 24.4 Å². The van der Waals surface area contributed by atoms with Gasteiger partial charge in [0.1, 0.15) is 5.75 Å². The predicted octanol–water partition coefficient (Wildman–Crippen LogP) is 3.53. The van der Waals surface area contributed by atoms with Crippen molar-refractivity contribution in [3.8, 4) is 5.75 Å². The van der Waals surface area contributed by atoms with E-state index in [0.29, 0.717) is 11.3 Å². The summed E-state index contributed by atoms with van der Waals surface area (Å²) in [6.45, 7) is 5.53. The van der Waals surface area contributed by atoms with Gasteiger partial charge in [0, 0.05) is 24.3 Å². The van der Waals surface area contributed by atoms with Gasteiger partial charge in [-0.3, -0.25) is 9.59 Å². The summed E-state index contributed by atoms with van der Waals surface area (Å²) >= 11 is 0. The molecule has 2 aromatic rings. The summed E-state index contributed by atoms with van der Waals surface area (Å²) in [6, 6.07) is 13.1. The largest absolute Gasteiger partial charge is 0.496 e. The second-order valence-corrected chi connectivity index (χ2v) is 7.38. The predicted molar refractivity (Wildman–Crippen MR) is 114 cm³/mol. The molecule has 6 heteroatoms. The normalized spacial score (nSPS) is 14.4. The highest BCUT2D eigenvalue weighted by Gasteiger charge is 2.23. The number of ether oxygens (including phenoxy) is 1. The van der Waals surface area contributed by atoms with E-state index in [9.17, 15) is 9.59 Å². The summed E-state index contributed by atoms with van der Waals surface area (Å²) < 4.78 is 5.37. The van der Waals surface area contributed by atoms with Gasteiger partial charge in [0.05, 0.1) is 25.3 Å². The maximum Gasteiger partial charge on any atom is 0.256 e. The lowest BCUT2D eigenvalue weighted by Crippen LogP contribution is -2.33. The number of likely N-dealkylation sites (tertiary alicyclic amines) is 1. The minimum absolute atomic E-state index is 0.0332. The lowest BCUT2D eigenvalue weighted by molar-refractivity contribution is -0.120. The molecule has 1 atom stereocenters. The first-order valence-corrected chi connectivity index (χ1v) is 10.1. The molecule has 0 saturated carbocycles. The molecule has 0 aromatic heterocycles. The van der Waals surface area contributed by atoms with Crippen molar-refractivity contribution in [3.05, 3.63) is 59.2 Å². The number of benzene rings is 2. The van der Waals surface area contributed by atoms with Crippen molar-refractivity contribution in [2.24, 2.45) is 0 Å². The molecule has 0 bridgehead atoms. The third-order valence-corrected chi connectivity index (χ3v) is 5.30. The van der Waals surface area contributed by atoms with E-state index < -0.39 is 0 Å². The van der Waals surface area contributed by atoms with Gasteiger partial charge in [-0.1, -0.05) is 30.3 Å².